The molecule has 4 aromatic rings. The van der Waals surface area contributed by atoms with Crippen molar-refractivity contribution in [3.05, 3.63) is 95.2 Å². The number of allylic oxidation sites excluding steroid dienone is 2. The molecule has 0 amide bonds. The molecular weight excluding hydrogens is 528 g/mol. The van der Waals surface area contributed by atoms with Gasteiger partial charge in [-0.15, -0.1) is 5.10 Å². The van der Waals surface area contributed by atoms with Crippen LogP contribution in [0.2, 0.25) is 0 Å². The molecule has 7 rings (SSSR count). The predicted octanol–water partition coefficient (Wildman–Crippen LogP) is 5.33. The number of pyridine rings is 1. The Labute approximate surface area is 244 Å². The Bertz CT molecular complexity index is 1660. The molecule has 1 fully saturated rings. The Balaban J connectivity index is 1.21. The molecule has 2 aliphatic heterocycles. The first kappa shape index (κ1) is 26.3. The molecule has 1 atom stereocenters. The zero-order chi connectivity index (χ0) is 28.3. The summed E-state index contributed by atoms with van der Waals surface area (Å²) in [7, 11) is 0. The molecule has 212 valence electrons. The first-order chi connectivity index (χ1) is 20.7. The van der Waals surface area contributed by atoms with Crippen LogP contribution in [0, 0.1) is 0 Å². The van der Waals surface area contributed by atoms with Crippen molar-refractivity contribution < 1.29 is 13.9 Å². The average molecular weight is 561 g/mol. The molecule has 0 spiro atoms. The fraction of sp³-hybridized carbons (Fsp3) is 0.303. The van der Waals surface area contributed by atoms with Gasteiger partial charge in [0.2, 0.25) is 0 Å². The van der Waals surface area contributed by atoms with Crippen molar-refractivity contribution in [3.63, 3.8) is 0 Å². The van der Waals surface area contributed by atoms with Crippen LogP contribution >= 0.6 is 0 Å². The number of carbonyl (C=O) groups excluding carboxylic acids is 1. The molecule has 42 heavy (non-hydrogen) atoms. The van der Waals surface area contributed by atoms with Crippen LogP contribution in [-0.4, -0.2) is 59.1 Å². The third-order valence-electron chi connectivity index (χ3n) is 8.02. The number of hydrogen-bond acceptors (Lipinski definition) is 9. The van der Waals surface area contributed by atoms with Crippen LogP contribution in [-0.2, 0) is 16.0 Å². The van der Waals surface area contributed by atoms with Crippen LogP contribution < -0.4 is 10.2 Å². The Kier molecular flexibility index (Phi) is 7.32. The van der Waals surface area contributed by atoms with Crippen molar-refractivity contribution in [2.24, 2.45) is 4.99 Å². The Hall–Kier alpha value is -4.63. The van der Waals surface area contributed by atoms with E-state index in [1.165, 1.54) is 18.4 Å². The minimum atomic E-state index is -0.881. The van der Waals surface area contributed by atoms with Gasteiger partial charge in [0.15, 0.2) is 17.6 Å². The lowest BCUT2D eigenvalue weighted by Crippen LogP contribution is -2.36. The molecule has 0 radical (unpaired) electrons. The van der Waals surface area contributed by atoms with Gasteiger partial charge < -0.3 is 19.4 Å². The first-order valence-corrected chi connectivity index (χ1v) is 14.6. The number of nitrogens with one attached hydrogen (secondary N) is 1. The van der Waals surface area contributed by atoms with E-state index in [1.54, 1.807) is 0 Å². The number of rotatable bonds is 6. The molecule has 0 saturated carbocycles. The number of anilines is 2. The van der Waals surface area contributed by atoms with Gasteiger partial charge in [0.25, 0.3) is 5.89 Å². The van der Waals surface area contributed by atoms with Crippen LogP contribution in [0.25, 0.3) is 17.2 Å². The molecule has 0 unspecified atom stereocenters. The molecule has 1 N–H and O–H groups in total. The van der Waals surface area contributed by atoms with Crippen LogP contribution in [0.15, 0.2) is 82.3 Å². The number of aromatic nitrogens is 3. The number of morpholine rings is 1. The van der Waals surface area contributed by atoms with Gasteiger partial charge in [-0.05, 0) is 48.4 Å². The fourth-order valence-electron chi connectivity index (χ4n) is 5.83. The second-order valence-corrected chi connectivity index (χ2v) is 10.8. The van der Waals surface area contributed by atoms with Gasteiger partial charge in [-0.1, -0.05) is 65.8 Å². The Morgan fingerprint density at radius 1 is 0.929 bits per heavy atom. The number of benzene rings is 2. The van der Waals surface area contributed by atoms with Gasteiger partial charge in [-0.3, -0.25) is 9.79 Å². The van der Waals surface area contributed by atoms with E-state index in [9.17, 15) is 4.79 Å². The van der Waals surface area contributed by atoms with E-state index in [0.717, 1.165) is 59.6 Å². The summed E-state index contributed by atoms with van der Waals surface area (Å²) in [6.45, 7) is 2.81. The van der Waals surface area contributed by atoms with E-state index >= 15 is 0 Å². The summed E-state index contributed by atoms with van der Waals surface area (Å²) >= 11 is 0. The first-order valence-electron chi connectivity index (χ1n) is 14.6. The fourth-order valence-corrected chi connectivity index (χ4v) is 5.83. The molecule has 1 aliphatic carbocycles. The predicted molar refractivity (Wildman–Crippen MR) is 162 cm³/mol. The smallest absolute Gasteiger partial charge is 0.317 e. The molecular formula is C33H32N6O3. The average Bonchev–Trinajstić information content (AvgIpc) is 3.47. The van der Waals surface area contributed by atoms with Gasteiger partial charge in [0.1, 0.15) is 0 Å². The summed E-state index contributed by atoms with van der Waals surface area (Å²) in [5.41, 5.74) is 7.59. The summed E-state index contributed by atoms with van der Waals surface area (Å²) < 4.78 is 11.7. The van der Waals surface area contributed by atoms with E-state index in [0.29, 0.717) is 24.8 Å². The second kappa shape index (κ2) is 11.7. The molecule has 2 aromatic carbocycles. The Morgan fingerprint density at radius 2 is 1.76 bits per heavy atom. The largest absolute Gasteiger partial charge is 0.402 e. The number of aliphatic imine (C=N–C) groups is 1. The summed E-state index contributed by atoms with van der Waals surface area (Å²) in [5, 5.41) is 11.7. The zero-order valence-electron chi connectivity index (χ0n) is 23.3. The lowest BCUT2D eigenvalue weighted by Gasteiger charge is -2.30. The molecule has 9 heteroatoms. The second-order valence-electron chi connectivity index (χ2n) is 10.8. The van der Waals surface area contributed by atoms with Gasteiger partial charge in [0, 0.05) is 36.8 Å². The van der Waals surface area contributed by atoms with E-state index in [4.69, 9.17) is 19.1 Å². The van der Waals surface area contributed by atoms with Crippen molar-refractivity contribution in [2.75, 3.05) is 36.5 Å². The summed E-state index contributed by atoms with van der Waals surface area (Å²) in [6.07, 6.45) is 8.17. The topological polar surface area (TPSA) is 106 Å². The van der Waals surface area contributed by atoms with Crippen molar-refractivity contribution >= 4 is 28.8 Å². The van der Waals surface area contributed by atoms with E-state index in [2.05, 4.69) is 32.6 Å². The minimum absolute atomic E-state index is 0.0784. The van der Waals surface area contributed by atoms with Crippen molar-refractivity contribution in [1.82, 2.24) is 15.2 Å². The Morgan fingerprint density at radius 3 is 2.60 bits per heavy atom. The minimum Gasteiger partial charge on any atom is -0.402 e. The normalized spacial score (nSPS) is 19.0. The molecule has 9 nitrogen and oxygen atoms in total. The van der Waals surface area contributed by atoms with Crippen molar-refractivity contribution in [3.8, 4) is 11.6 Å². The van der Waals surface area contributed by atoms with Gasteiger partial charge in [-0.2, -0.15) is 0 Å². The number of Topliss-reactive ketones (excluding diaryl/α,β-unsaturated/α-hetero) is 1. The molecule has 3 aliphatic rings. The number of nitrogens with zero attached hydrogens (tertiary/aromatic N) is 5. The van der Waals surface area contributed by atoms with Crippen LogP contribution in [0.4, 0.5) is 11.7 Å². The van der Waals surface area contributed by atoms with Crippen LogP contribution in [0.3, 0.4) is 0 Å². The van der Waals surface area contributed by atoms with E-state index < -0.39 is 6.17 Å². The van der Waals surface area contributed by atoms with Gasteiger partial charge in [0.05, 0.1) is 24.6 Å². The molecule has 1 saturated heterocycles. The van der Waals surface area contributed by atoms with Crippen LogP contribution in [0.1, 0.15) is 47.9 Å². The summed E-state index contributed by atoms with van der Waals surface area (Å²) in [5.74, 6) is 0.213. The number of fused-ring (bicyclic) bond motifs is 1. The van der Waals surface area contributed by atoms with Gasteiger partial charge >= 0.3 is 6.01 Å². The van der Waals surface area contributed by atoms with Crippen molar-refractivity contribution in [2.45, 2.75) is 38.3 Å². The third kappa shape index (κ3) is 5.35. The number of hydrogen-bond donors (Lipinski definition) is 1. The lowest BCUT2D eigenvalue weighted by atomic mass is 9.94. The number of ether oxygens (including phenoxy) is 1. The van der Waals surface area contributed by atoms with Crippen LogP contribution in [0.5, 0.6) is 0 Å². The third-order valence-corrected chi connectivity index (χ3v) is 8.02. The molecule has 0 bridgehead atoms. The monoisotopic (exact) mass is 560 g/mol. The van der Waals surface area contributed by atoms with E-state index in [1.807, 2.05) is 60.8 Å². The summed E-state index contributed by atoms with van der Waals surface area (Å²) in [6, 6.07) is 20.1. The number of ketones is 1. The lowest BCUT2D eigenvalue weighted by molar-refractivity contribution is -0.119. The highest BCUT2D eigenvalue weighted by Gasteiger charge is 2.28. The molecule has 2 aromatic heterocycles. The SMILES string of the molecule is O=C1Cc2ccccc2C(c2ccccc2)=N[C@@H]1Nc1nnc(-c2ncc(C3=CCCCC3)cc2N2CCOCC2)o1. The maximum Gasteiger partial charge on any atom is 0.317 e. The maximum atomic E-state index is 13.4. The molecule has 4 heterocycles. The van der Waals surface area contributed by atoms with E-state index in [-0.39, 0.29) is 18.2 Å². The highest BCUT2D eigenvalue weighted by Crippen LogP contribution is 2.35. The standard InChI is InChI=1S/C33H32N6O3/c40-28-20-24-13-7-8-14-26(24)29(23-11-5-2-6-12-23)35-31(28)36-33-38-37-32(42-33)30-27(39-15-17-41-18-16-39)19-25(21-34-30)22-9-3-1-4-10-22/h2,5-9,11-14,19,21,31H,1,3-4,10,15-18,20H2,(H,36,38)/t31-/m1/s1. The highest BCUT2D eigenvalue weighted by molar-refractivity contribution is 6.16. The van der Waals surface area contributed by atoms with Crippen molar-refractivity contribution in [1.29, 1.82) is 0 Å². The van der Waals surface area contributed by atoms with Gasteiger partial charge in [-0.25, -0.2) is 4.98 Å². The maximum absolute atomic E-state index is 13.4. The number of carbonyl (C=O) groups is 1. The highest BCUT2D eigenvalue weighted by atomic mass is 16.5. The summed E-state index contributed by atoms with van der Waals surface area (Å²) in [4.78, 5) is 25.4. The quantitative estimate of drug-likeness (QED) is 0.338. The zero-order valence-corrected chi connectivity index (χ0v) is 23.3.